The Bertz CT molecular complexity index is 2400. The second kappa shape index (κ2) is 22.4. The van der Waals surface area contributed by atoms with E-state index in [1.54, 1.807) is 42.3 Å². The van der Waals surface area contributed by atoms with E-state index in [0.717, 1.165) is 51.7 Å². The monoisotopic (exact) mass is 889 g/mol. The minimum absolute atomic E-state index is 0.104. The Morgan fingerprint density at radius 2 is 1.63 bits per heavy atom. The van der Waals surface area contributed by atoms with Gasteiger partial charge < -0.3 is 36.0 Å². The lowest BCUT2D eigenvalue weighted by Gasteiger charge is -2.30. The maximum absolute atomic E-state index is 14.0. The van der Waals surface area contributed by atoms with Crippen LogP contribution in [0.15, 0.2) is 84.4 Å². The zero-order chi connectivity index (χ0) is 46.5. The average Bonchev–Trinajstić information content (AvgIpc) is 3.74. The molecule has 2 aromatic carbocycles. The third-order valence-electron chi connectivity index (χ3n) is 11.3. The highest BCUT2D eigenvalue weighted by Crippen LogP contribution is 2.32. The SMILES string of the molecule is CC(C)[C@H](NC(=O)OCC(=O)CCC(=O)O)C(=O)N[C@@H](C)C(=O)NCCCCCCN1N=C(c2ccc(NC(=O)N3Cc4ccncc4C3)cc2)CC(c2ccc3cccnc3c2)C1=O. The minimum Gasteiger partial charge on any atom is -0.481 e. The fourth-order valence-corrected chi connectivity index (χ4v) is 7.55. The number of Topliss-reactive ketones (excluding diaryl/α,β-unsaturated/α-hetero) is 1. The van der Waals surface area contributed by atoms with Crippen molar-refractivity contribution in [2.45, 2.75) is 96.8 Å². The first-order valence-electron chi connectivity index (χ1n) is 21.8. The van der Waals surface area contributed by atoms with Crippen molar-refractivity contribution in [1.29, 1.82) is 0 Å². The first-order valence-corrected chi connectivity index (χ1v) is 21.8. The summed E-state index contributed by atoms with van der Waals surface area (Å²) in [5, 5.41) is 26.9. The highest BCUT2D eigenvalue weighted by Gasteiger charge is 2.33. The Hall–Kier alpha value is -7.24. The summed E-state index contributed by atoms with van der Waals surface area (Å²) < 4.78 is 4.85. The van der Waals surface area contributed by atoms with Crippen LogP contribution in [0.2, 0.25) is 0 Å². The van der Waals surface area contributed by atoms with E-state index in [9.17, 15) is 33.6 Å². The molecule has 0 aliphatic carbocycles. The third kappa shape index (κ3) is 13.2. The molecule has 0 saturated carbocycles. The van der Waals surface area contributed by atoms with Gasteiger partial charge in [-0.15, -0.1) is 0 Å². The number of pyridine rings is 2. The number of hydrogen-bond donors (Lipinski definition) is 5. The minimum atomic E-state index is -1.15. The van der Waals surface area contributed by atoms with E-state index >= 15 is 0 Å². The average molecular weight is 890 g/mol. The van der Waals surface area contributed by atoms with Crippen LogP contribution in [-0.4, -0.2) is 104 Å². The number of carboxylic acid groups (broad SMARTS) is 1. The van der Waals surface area contributed by atoms with Gasteiger partial charge in [-0.1, -0.05) is 57.0 Å². The molecule has 0 saturated heterocycles. The van der Waals surface area contributed by atoms with Crippen LogP contribution in [0.25, 0.3) is 10.9 Å². The number of ketones is 1. The van der Waals surface area contributed by atoms with E-state index in [1.165, 1.54) is 6.92 Å². The van der Waals surface area contributed by atoms with Crippen molar-refractivity contribution in [2.75, 3.05) is 25.0 Å². The first-order chi connectivity index (χ1) is 31.2. The van der Waals surface area contributed by atoms with Crippen molar-refractivity contribution in [2.24, 2.45) is 11.0 Å². The zero-order valence-corrected chi connectivity index (χ0v) is 36.7. The number of carboxylic acids is 1. The number of ether oxygens (including phenoxy) is 1. The predicted molar refractivity (Wildman–Crippen MR) is 240 cm³/mol. The summed E-state index contributed by atoms with van der Waals surface area (Å²) in [6.07, 6.45) is 6.77. The molecule has 6 rings (SSSR count). The molecule has 0 spiro atoms. The van der Waals surface area contributed by atoms with Crippen molar-refractivity contribution in [3.63, 3.8) is 0 Å². The number of fused-ring (bicyclic) bond motifs is 2. The van der Waals surface area contributed by atoms with E-state index in [1.807, 2.05) is 60.7 Å². The number of rotatable bonds is 20. The van der Waals surface area contributed by atoms with Crippen LogP contribution in [0.4, 0.5) is 15.3 Å². The normalized spacial score (nSPS) is 15.4. The summed E-state index contributed by atoms with van der Waals surface area (Å²) in [7, 11) is 0. The van der Waals surface area contributed by atoms with Gasteiger partial charge in [-0.25, -0.2) is 14.6 Å². The Kier molecular flexibility index (Phi) is 16.3. The molecule has 18 nitrogen and oxygen atoms in total. The number of anilines is 1. The molecular weight excluding hydrogens is 835 g/mol. The zero-order valence-electron chi connectivity index (χ0n) is 36.7. The number of aromatic nitrogens is 2. The number of unbranched alkanes of at least 4 members (excludes halogenated alkanes) is 3. The summed E-state index contributed by atoms with van der Waals surface area (Å²) in [4.78, 5) is 98.0. The Morgan fingerprint density at radius 1 is 0.862 bits per heavy atom. The number of hydrogen-bond acceptors (Lipinski definition) is 11. The van der Waals surface area contributed by atoms with Crippen molar-refractivity contribution in [1.82, 2.24) is 35.8 Å². The molecule has 18 heteroatoms. The molecule has 0 radical (unpaired) electrons. The number of urea groups is 1. The molecule has 2 aliphatic heterocycles. The number of hydrazone groups is 1. The molecule has 4 heterocycles. The highest BCUT2D eigenvalue weighted by atomic mass is 16.6. The molecule has 0 bridgehead atoms. The third-order valence-corrected chi connectivity index (χ3v) is 11.3. The second-order valence-electron chi connectivity index (χ2n) is 16.5. The van der Waals surface area contributed by atoms with Gasteiger partial charge >= 0.3 is 18.1 Å². The van der Waals surface area contributed by atoms with E-state index in [0.29, 0.717) is 51.1 Å². The van der Waals surface area contributed by atoms with Gasteiger partial charge in [0.2, 0.25) is 11.8 Å². The smallest absolute Gasteiger partial charge is 0.408 e. The topological polar surface area (TPSA) is 242 Å². The van der Waals surface area contributed by atoms with Crippen molar-refractivity contribution in [3.8, 4) is 0 Å². The summed E-state index contributed by atoms with van der Waals surface area (Å²) in [5.41, 5.74) is 5.99. The largest absolute Gasteiger partial charge is 0.481 e. The van der Waals surface area contributed by atoms with Gasteiger partial charge in [0.05, 0.1) is 23.6 Å². The van der Waals surface area contributed by atoms with Gasteiger partial charge in [-0.3, -0.25) is 33.9 Å². The number of carbonyl (C=O) groups is 7. The lowest BCUT2D eigenvalue weighted by molar-refractivity contribution is -0.139. The number of aliphatic carboxylic acids is 1. The molecule has 0 fully saturated rings. The van der Waals surface area contributed by atoms with Gasteiger partial charge in [0.15, 0.2) is 12.4 Å². The van der Waals surface area contributed by atoms with Crippen LogP contribution in [0.5, 0.6) is 0 Å². The second-order valence-corrected chi connectivity index (χ2v) is 16.5. The maximum atomic E-state index is 14.0. The van der Waals surface area contributed by atoms with Gasteiger partial charge in [0.1, 0.15) is 12.1 Å². The lowest BCUT2D eigenvalue weighted by Crippen LogP contribution is -2.54. The van der Waals surface area contributed by atoms with Gasteiger partial charge in [0, 0.05) is 68.7 Å². The predicted octanol–water partition coefficient (Wildman–Crippen LogP) is 5.26. The number of carbonyl (C=O) groups excluding carboxylic acids is 6. The fourth-order valence-electron chi connectivity index (χ4n) is 7.55. The van der Waals surface area contributed by atoms with E-state index in [4.69, 9.17) is 14.9 Å². The van der Waals surface area contributed by atoms with Crippen LogP contribution in [-0.2, 0) is 41.8 Å². The molecule has 1 unspecified atom stereocenters. The molecule has 65 heavy (non-hydrogen) atoms. The van der Waals surface area contributed by atoms with Crippen molar-refractivity contribution in [3.05, 3.63) is 102 Å². The van der Waals surface area contributed by atoms with Crippen LogP contribution >= 0.6 is 0 Å². The van der Waals surface area contributed by atoms with Gasteiger partial charge in [-0.05, 0) is 78.3 Å². The van der Waals surface area contributed by atoms with E-state index < -0.39 is 54.3 Å². The number of nitrogens with zero attached hydrogens (tertiary/aromatic N) is 5. The Balaban J connectivity index is 0.981. The van der Waals surface area contributed by atoms with E-state index in [2.05, 4.69) is 31.2 Å². The molecule has 342 valence electrons. The van der Waals surface area contributed by atoms with Crippen LogP contribution < -0.4 is 21.3 Å². The maximum Gasteiger partial charge on any atom is 0.408 e. The molecular formula is C47H55N9O9. The summed E-state index contributed by atoms with van der Waals surface area (Å²) in [5.74, 6) is -3.71. The lowest BCUT2D eigenvalue weighted by atomic mass is 9.88. The quantitative estimate of drug-likeness (QED) is 0.0717. The molecule has 2 aliphatic rings. The fraction of sp³-hybridized carbons (Fsp3) is 0.404. The van der Waals surface area contributed by atoms with Crippen LogP contribution in [0, 0.1) is 5.92 Å². The molecule has 2 aromatic heterocycles. The summed E-state index contributed by atoms with van der Waals surface area (Å²) in [6.45, 7) is 6.03. The van der Waals surface area contributed by atoms with Crippen molar-refractivity contribution < 1.29 is 43.4 Å². The Morgan fingerprint density at radius 3 is 2.38 bits per heavy atom. The number of nitrogens with one attached hydrogen (secondary N) is 4. The van der Waals surface area contributed by atoms with Crippen molar-refractivity contribution >= 4 is 63.9 Å². The van der Waals surface area contributed by atoms with Gasteiger partial charge in [-0.2, -0.15) is 5.10 Å². The molecule has 6 amide bonds. The Labute approximate surface area is 376 Å². The number of amides is 6. The molecule has 3 atom stereocenters. The highest BCUT2D eigenvalue weighted by molar-refractivity contribution is 6.07. The molecule has 5 N–H and O–H groups in total. The van der Waals surface area contributed by atoms with Crippen LogP contribution in [0.3, 0.4) is 0 Å². The standard InChI is InChI=1S/C47H55N9O9/c1-29(2)42(53-47(64)65-28-37(57)16-17-41(58)59)44(61)51-30(3)43(60)50-19-6-4-5-7-22-56-45(62)38(33-11-10-31-9-8-20-49-39(31)23-33)24-40(54-56)32-12-14-36(15-13-32)52-46(63)55-26-34-18-21-48-25-35(34)27-55/h8-15,18,20-21,23,25,29-30,38,42H,4-7,16-17,19,22,24,26-28H2,1-3H3,(H,50,60)(H,51,61)(H,52,63)(H,53,64)(H,58,59)/t30-,38?,42-/m0/s1. The number of benzene rings is 2. The van der Waals surface area contributed by atoms with Crippen LogP contribution in [0.1, 0.15) is 93.9 Å². The van der Waals surface area contributed by atoms with Gasteiger partial charge in [0.25, 0.3) is 5.91 Å². The molecule has 4 aromatic rings. The first kappa shape index (κ1) is 47.2. The summed E-state index contributed by atoms with van der Waals surface area (Å²) >= 11 is 0. The van der Waals surface area contributed by atoms with E-state index in [-0.39, 0.29) is 30.7 Å². The number of alkyl carbamates (subject to hydrolysis) is 1. The summed E-state index contributed by atoms with van der Waals surface area (Å²) in [6, 6.07) is 17.0.